The summed E-state index contributed by atoms with van der Waals surface area (Å²) in [5.74, 6) is 0.867. The summed E-state index contributed by atoms with van der Waals surface area (Å²) in [5, 5.41) is 7.47. The van der Waals surface area contributed by atoms with Crippen molar-refractivity contribution in [3.05, 3.63) is 47.3 Å². The molecule has 1 aromatic heterocycles. The largest absolute Gasteiger partial charge is 0.352 e. The van der Waals surface area contributed by atoms with Crippen LogP contribution in [0.4, 0.5) is 0 Å². The number of aromatic nitrogens is 2. The Morgan fingerprint density at radius 3 is 2.75 bits per heavy atom. The van der Waals surface area contributed by atoms with Gasteiger partial charge in [-0.25, -0.2) is 4.68 Å². The van der Waals surface area contributed by atoms with Crippen LogP contribution in [0.15, 0.2) is 30.5 Å². The smallest absolute Gasteiger partial charge is 0.254 e. The van der Waals surface area contributed by atoms with Gasteiger partial charge in [0, 0.05) is 6.54 Å². The van der Waals surface area contributed by atoms with E-state index in [1.54, 1.807) is 6.20 Å². The molecule has 1 amide bonds. The lowest BCUT2D eigenvalue weighted by molar-refractivity contribution is 0.0952. The monoisotopic (exact) mass is 325 g/mol. The first kappa shape index (κ1) is 16.7. The lowest BCUT2D eigenvalue weighted by atomic mass is 10.0. The zero-order valence-corrected chi connectivity index (χ0v) is 14.7. The maximum absolute atomic E-state index is 12.4. The molecular formula is C20H27N3O. The van der Waals surface area contributed by atoms with Crippen molar-refractivity contribution in [1.29, 1.82) is 0 Å². The van der Waals surface area contributed by atoms with E-state index in [9.17, 15) is 4.79 Å². The molecule has 1 N–H and O–H groups in total. The van der Waals surface area contributed by atoms with Crippen LogP contribution in [0.2, 0.25) is 0 Å². The first-order chi connectivity index (χ1) is 11.7. The molecule has 3 rings (SSSR count). The minimum absolute atomic E-state index is 0.0150. The van der Waals surface area contributed by atoms with E-state index in [2.05, 4.69) is 23.4 Å². The zero-order chi connectivity index (χ0) is 16.9. The van der Waals surface area contributed by atoms with Gasteiger partial charge in [-0.2, -0.15) is 5.10 Å². The number of benzene rings is 1. The van der Waals surface area contributed by atoms with Gasteiger partial charge in [0.05, 0.1) is 23.1 Å². The summed E-state index contributed by atoms with van der Waals surface area (Å²) in [4.78, 5) is 12.4. The summed E-state index contributed by atoms with van der Waals surface area (Å²) in [6.07, 6.45) is 9.49. The molecule has 0 unspecified atom stereocenters. The molecule has 4 heteroatoms. The molecule has 0 bridgehead atoms. The van der Waals surface area contributed by atoms with Crippen molar-refractivity contribution in [2.24, 2.45) is 5.92 Å². The van der Waals surface area contributed by atoms with Gasteiger partial charge in [-0.1, -0.05) is 43.9 Å². The van der Waals surface area contributed by atoms with Crippen LogP contribution in [0.3, 0.4) is 0 Å². The van der Waals surface area contributed by atoms with Crippen LogP contribution in [0.5, 0.6) is 0 Å². The third-order valence-corrected chi connectivity index (χ3v) is 5.15. The molecule has 1 aromatic carbocycles. The quantitative estimate of drug-likeness (QED) is 0.810. The van der Waals surface area contributed by atoms with Gasteiger partial charge in [0.1, 0.15) is 0 Å². The lowest BCUT2D eigenvalue weighted by Crippen LogP contribution is -2.25. The summed E-state index contributed by atoms with van der Waals surface area (Å²) < 4.78 is 1.85. The van der Waals surface area contributed by atoms with Crippen molar-refractivity contribution in [2.45, 2.75) is 52.4 Å². The average molecular weight is 325 g/mol. The van der Waals surface area contributed by atoms with Crippen molar-refractivity contribution in [1.82, 2.24) is 15.1 Å². The number of para-hydroxylation sites is 1. The Balaban J connectivity index is 1.58. The molecule has 1 saturated carbocycles. The maximum Gasteiger partial charge on any atom is 0.254 e. The van der Waals surface area contributed by atoms with Crippen molar-refractivity contribution in [3.8, 4) is 5.69 Å². The van der Waals surface area contributed by atoms with Gasteiger partial charge in [-0.3, -0.25) is 4.79 Å². The first-order valence-corrected chi connectivity index (χ1v) is 9.05. The van der Waals surface area contributed by atoms with E-state index >= 15 is 0 Å². The Labute approximate surface area is 144 Å². The number of nitrogens with zero attached hydrogens (tertiary/aromatic N) is 2. The number of nitrogens with one attached hydrogen (secondary N) is 1. The Kier molecular flexibility index (Phi) is 5.34. The Bertz CT molecular complexity index is 699. The summed E-state index contributed by atoms with van der Waals surface area (Å²) in [6, 6.07) is 8.08. The van der Waals surface area contributed by atoms with Gasteiger partial charge in [0.25, 0.3) is 5.91 Å². The van der Waals surface area contributed by atoms with E-state index in [0.717, 1.165) is 35.8 Å². The third kappa shape index (κ3) is 3.69. The SMILES string of the molecule is Cc1ccccc1-n1ncc(C(=O)NCCCC2CCCC2)c1C. The van der Waals surface area contributed by atoms with Crippen LogP contribution in [0.25, 0.3) is 5.69 Å². The Morgan fingerprint density at radius 1 is 1.25 bits per heavy atom. The molecule has 0 spiro atoms. The second-order valence-corrected chi connectivity index (χ2v) is 6.89. The van der Waals surface area contributed by atoms with Gasteiger partial charge in [-0.15, -0.1) is 0 Å². The second kappa shape index (κ2) is 7.65. The van der Waals surface area contributed by atoms with E-state index in [0.29, 0.717) is 5.56 Å². The molecule has 0 aliphatic heterocycles. The zero-order valence-electron chi connectivity index (χ0n) is 14.7. The predicted octanol–water partition coefficient (Wildman–Crippen LogP) is 4.19. The predicted molar refractivity (Wildman–Crippen MR) is 96.6 cm³/mol. The minimum Gasteiger partial charge on any atom is -0.352 e. The Morgan fingerprint density at radius 2 is 2.00 bits per heavy atom. The van der Waals surface area contributed by atoms with E-state index in [1.165, 1.54) is 32.1 Å². The van der Waals surface area contributed by atoms with Crippen LogP contribution in [0.1, 0.15) is 60.1 Å². The van der Waals surface area contributed by atoms with Crippen LogP contribution in [0, 0.1) is 19.8 Å². The second-order valence-electron chi connectivity index (χ2n) is 6.89. The van der Waals surface area contributed by atoms with Gasteiger partial charge >= 0.3 is 0 Å². The van der Waals surface area contributed by atoms with Crippen molar-refractivity contribution < 1.29 is 4.79 Å². The number of carbonyl (C=O) groups is 1. The number of amides is 1. The molecule has 4 nitrogen and oxygen atoms in total. The van der Waals surface area contributed by atoms with Crippen LogP contribution >= 0.6 is 0 Å². The molecule has 2 aromatic rings. The molecule has 1 heterocycles. The highest BCUT2D eigenvalue weighted by molar-refractivity contribution is 5.95. The third-order valence-electron chi connectivity index (χ3n) is 5.15. The number of hydrogen-bond donors (Lipinski definition) is 1. The van der Waals surface area contributed by atoms with Crippen molar-refractivity contribution in [3.63, 3.8) is 0 Å². The summed E-state index contributed by atoms with van der Waals surface area (Å²) >= 11 is 0. The van der Waals surface area contributed by atoms with E-state index in [1.807, 2.05) is 29.8 Å². The van der Waals surface area contributed by atoms with Gasteiger partial charge < -0.3 is 5.32 Å². The lowest BCUT2D eigenvalue weighted by Gasteiger charge is -2.10. The molecule has 0 saturated heterocycles. The number of aryl methyl sites for hydroxylation is 1. The van der Waals surface area contributed by atoms with Gasteiger partial charge in [0.15, 0.2) is 0 Å². The first-order valence-electron chi connectivity index (χ1n) is 9.05. The fourth-order valence-electron chi connectivity index (χ4n) is 3.66. The Hall–Kier alpha value is -2.10. The molecule has 1 aliphatic carbocycles. The molecule has 0 atom stereocenters. The molecule has 1 aliphatic rings. The average Bonchev–Trinajstić information content (AvgIpc) is 3.22. The summed E-state index contributed by atoms with van der Waals surface area (Å²) in [6.45, 7) is 4.76. The maximum atomic E-state index is 12.4. The topological polar surface area (TPSA) is 46.9 Å². The molecule has 24 heavy (non-hydrogen) atoms. The van der Waals surface area contributed by atoms with Crippen molar-refractivity contribution >= 4 is 5.91 Å². The van der Waals surface area contributed by atoms with E-state index in [4.69, 9.17) is 0 Å². The van der Waals surface area contributed by atoms with E-state index in [-0.39, 0.29) is 5.91 Å². The van der Waals surface area contributed by atoms with Crippen LogP contribution < -0.4 is 5.32 Å². The summed E-state index contributed by atoms with van der Waals surface area (Å²) in [5.41, 5.74) is 3.72. The fourth-order valence-corrected chi connectivity index (χ4v) is 3.66. The van der Waals surface area contributed by atoms with E-state index < -0.39 is 0 Å². The highest BCUT2D eigenvalue weighted by Gasteiger charge is 2.17. The standard InChI is InChI=1S/C20H27N3O/c1-15-8-3-6-12-19(15)23-16(2)18(14-22-23)20(24)21-13-7-11-17-9-4-5-10-17/h3,6,8,12,14,17H,4-5,7,9-11,13H2,1-2H3,(H,21,24). The molecule has 1 fully saturated rings. The van der Waals surface area contributed by atoms with Gasteiger partial charge in [0.2, 0.25) is 0 Å². The molecule has 0 radical (unpaired) electrons. The highest BCUT2D eigenvalue weighted by atomic mass is 16.1. The number of hydrogen-bond acceptors (Lipinski definition) is 2. The number of rotatable bonds is 6. The minimum atomic E-state index is -0.0150. The van der Waals surface area contributed by atoms with Crippen LogP contribution in [-0.2, 0) is 0 Å². The number of carbonyl (C=O) groups excluding carboxylic acids is 1. The van der Waals surface area contributed by atoms with Crippen LogP contribution in [-0.4, -0.2) is 22.2 Å². The highest BCUT2D eigenvalue weighted by Crippen LogP contribution is 2.28. The van der Waals surface area contributed by atoms with Gasteiger partial charge in [-0.05, 0) is 44.2 Å². The molecular weight excluding hydrogens is 298 g/mol. The molecule has 128 valence electrons. The van der Waals surface area contributed by atoms with Crippen molar-refractivity contribution in [2.75, 3.05) is 6.54 Å². The fraction of sp³-hybridized carbons (Fsp3) is 0.500. The normalized spacial score (nSPS) is 14.9. The summed E-state index contributed by atoms with van der Waals surface area (Å²) in [7, 11) is 0.